The molecule has 0 aromatic heterocycles. The van der Waals surface area contributed by atoms with Crippen molar-refractivity contribution in [3.05, 3.63) is 23.8 Å². The van der Waals surface area contributed by atoms with E-state index in [0.717, 1.165) is 5.56 Å². The normalized spacial score (nSPS) is 12.7. The van der Waals surface area contributed by atoms with Crippen LogP contribution in [-0.2, 0) is 19.1 Å². The van der Waals surface area contributed by atoms with Crippen LogP contribution in [0.5, 0.6) is 0 Å². The molecule has 0 fully saturated rings. The van der Waals surface area contributed by atoms with Crippen molar-refractivity contribution in [1.82, 2.24) is 5.32 Å². The Hall–Kier alpha value is -2.77. The summed E-state index contributed by atoms with van der Waals surface area (Å²) in [6.45, 7) is 12.3. The van der Waals surface area contributed by atoms with E-state index < -0.39 is 35.2 Å². The van der Waals surface area contributed by atoms with Gasteiger partial charge in [-0.25, -0.2) is 9.59 Å². The number of aryl methyl sites for hydroxylation is 1. The van der Waals surface area contributed by atoms with Crippen molar-refractivity contribution >= 4 is 29.3 Å². The van der Waals surface area contributed by atoms with Gasteiger partial charge in [0, 0.05) is 17.8 Å². The van der Waals surface area contributed by atoms with Crippen LogP contribution in [0, 0.1) is 6.92 Å². The number of amides is 2. The first-order valence-electron chi connectivity index (χ1n) is 9.54. The van der Waals surface area contributed by atoms with Crippen LogP contribution in [0.25, 0.3) is 0 Å². The minimum absolute atomic E-state index is 0.0392. The predicted octanol–water partition coefficient (Wildman–Crippen LogP) is 3.53. The summed E-state index contributed by atoms with van der Waals surface area (Å²) in [7, 11) is 0. The van der Waals surface area contributed by atoms with Crippen LogP contribution < -0.4 is 16.4 Å². The second-order valence-corrected chi connectivity index (χ2v) is 8.88. The molecule has 0 spiro atoms. The molecule has 2 amide bonds. The molecule has 0 saturated carbocycles. The lowest BCUT2D eigenvalue weighted by atomic mass is 10.1. The Bertz CT molecular complexity index is 748. The van der Waals surface area contributed by atoms with Crippen LogP contribution in [-0.4, -0.2) is 35.2 Å². The molecule has 8 nitrogen and oxygen atoms in total. The van der Waals surface area contributed by atoms with Crippen LogP contribution in [0.4, 0.5) is 16.2 Å². The number of nitrogens with one attached hydrogen (secondary N) is 2. The number of esters is 2. The molecule has 162 valence electrons. The zero-order valence-electron chi connectivity index (χ0n) is 18.3. The first-order chi connectivity index (χ1) is 13.2. The summed E-state index contributed by atoms with van der Waals surface area (Å²) in [6.07, 6.45) is 0.0143. The smallest absolute Gasteiger partial charge is 0.329 e. The maximum Gasteiger partial charge on any atom is 0.329 e. The Balaban J connectivity index is 2.81. The Morgan fingerprint density at radius 3 is 2.14 bits per heavy atom. The lowest BCUT2D eigenvalue weighted by molar-refractivity contribution is -0.158. The van der Waals surface area contributed by atoms with E-state index in [1.54, 1.807) is 59.7 Å². The summed E-state index contributed by atoms with van der Waals surface area (Å²) in [6, 6.07) is 3.47. The van der Waals surface area contributed by atoms with Crippen molar-refractivity contribution in [2.45, 2.75) is 78.6 Å². The van der Waals surface area contributed by atoms with Crippen molar-refractivity contribution in [3.8, 4) is 0 Å². The number of anilines is 2. The minimum atomic E-state index is -1.00. The summed E-state index contributed by atoms with van der Waals surface area (Å²) in [5.74, 6) is -1.08. The lowest BCUT2D eigenvalue weighted by Crippen LogP contribution is -2.46. The molecule has 1 aromatic carbocycles. The summed E-state index contributed by atoms with van der Waals surface area (Å²) in [5.41, 5.74) is 6.38. The first kappa shape index (κ1) is 24.3. The Morgan fingerprint density at radius 2 is 1.62 bits per heavy atom. The third-order valence-corrected chi connectivity index (χ3v) is 3.58. The van der Waals surface area contributed by atoms with Crippen molar-refractivity contribution in [1.29, 1.82) is 0 Å². The number of ether oxygens (including phenoxy) is 2. The highest BCUT2D eigenvalue weighted by Gasteiger charge is 2.28. The molecule has 1 atom stereocenters. The fraction of sp³-hybridized carbons (Fsp3) is 0.571. The van der Waals surface area contributed by atoms with E-state index >= 15 is 0 Å². The third kappa shape index (κ3) is 9.82. The monoisotopic (exact) mass is 407 g/mol. The van der Waals surface area contributed by atoms with Gasteiger partial charge in [-0.3, -0.25) is 4.79 Å². The van der Waals surface area contributed by atoms with Gasteiger partial charge in [-0.05, 0) is 78.6 Å². The molecule has 0 bridgehead atoms. The highest BCUT2D eigenvalue weighted by atomic mass is 16.6. The quantitative estimate of drug-likeness (QED) is 0.490. The van der Waals surface area contributed by atoms with Crippen molar-refractivity contribution < 1.29 is 23.9 Å². The maximum absolute atomic E-state index is 12.5. The number of benzene rings is 1. The molecular formula is C21H33N3O5. The fourth-order valence-corrected chi connectivity index (χ4v) is 2.36. The SMILES string of the molecule is Cc1cc(NC(=O)NC(CCC(=O)OC(C)(C)C)C(=O)OC(C)(C)C)ccc1N. The number of nitrogens with two attached hydrogens (primary N) is 1. The number of rotatable bonds is 6. The Morgan fingerprint density at radius 1 is 1.03 bits per heavy atom. The van der Waals surface area contributed by atoms with Gasteiger partial charge >= 0.3 is 18.0 Å². The van der Waals surface area contributed by atoms with E-state index in [9.17, 15) is 14.4 Å². The third-order valence-electron chi connectivity index (χ3n) is 3.58. The van der Waals surface area contributed by atoms with Crippen LogP contribution >= 0.6 is 0 Å². The zero-order chi connectivity index (χ0) is 22.4. The van der Waals surface area contributed by atoms with Gasteiger partial charge in [0.1, 0.15) is 17.2 Å². The molecule has 0 aliphatic rings. The molecule has 8 heteroatoms. The Labute approximate surface area is 172 Å². The molecule has 29 heavy (non-hydrogen) atoms. The molecule has 0 heterocycles. The summed E-state index contributed by atoms with van der Waals surface area (Å²) in [4.78, 5) is 36.9. The number of hydrogen-bond donors (Lipinski definition) is 3. The van der Waals surface area contributed by atoms with Gasteiger partial charge in [0.2, 0.25) is 0 Å². The van der Waals surface area contributed by atoms with Crippen molar-refractivity contribution in [2.24, 2.45) is 0 Å². The average Bonchev–Trinajstić information content (AvgIpc) is 2.51. The maximum atomic E-state index is 12.5. The van der Waals surface area contributed by atoms with Gasteiger partial charge in [-0.2, -0.15) is 0 Å². The number of nitrogen functional groups attached to an aromatic ring is 1. The standard InChI is InChI=1S/C21H33N3O5/c1-13-12-14(8-9-15(13)22)23-19(27)24-16(18(26)29-21(5,6)7)10-11-17(25)28-20(2,3)4/h8-9,12,16H,10-11,22H2,1-7H3,(H2,23,24,27). The number of urea groups is 1. The van der Waals surface area contributed by atoms with E-state index in [-0.39, 0.29) is 12.8 Å². The zero-order valence-corrected chi connectivity index (χ0v) is 18.3. The molecule has 1 rings (SSSR count). The van der Waals surface area contributed by atoms with Crippen molar-refractivity contribution in [3.63, 3.8) is 0 Å². The number of carbonyl (C=O) groups is 3. The van der Waals surface area contributed by atoms with Gasteiger partial charge in [0.05, 0.1) is 0 Å². The van der Waals surface area contributed by atoms with Crippen LogP contribution in [0.2, 0.25) is 0 Å². The second-order valence-electron chi connectivity index (χ2n) is 8.88. The summed E-state index contributed by atoms with van der Waals surface area (Å²) < 4.78 is 10.6. The average molecular weight is 408 g/mol. The molecule has 1 aromatic rings. The van der Waals surface area contributed by atoms with Gasteiger partial charge in [-0.15, -0.1) is 0 Å². The van der Waals surface area contributed by atoms with Gasteiger partial charge < -0.3 is 25.8 Å². The molecule has 0 saturated heterocycles. The van der Waals surface area contributed by atoms with Crippen LogP contribution in [0.3, 0.4) is 0 Å². The predicted molar refractivity (Wildman–Crippen MR) is 112 cm³/mol. The highest BCUT2D eigenvalue weighted by Crippen LogP contribution is 2.17. The van der Waals surface area contributed by atoms with E-state index in [4.69, 9.17) is 15.2 Å². The summed E-state index contributed by atoms with van der Waals surface area (Å²) >= 11 is 0. The summed E-state index contributed by atoms with van der Waals surface area (Å²) in [5, 5.41) is 5.23. The molecular weight excluding hydrogens is 374 g/mol. The van der Waals surface area contributed by atoms with E-state index in [0.29, 0.717) is 11.4 Å². The minimum Gasteiger partial charge on any atom is -0.460 e. The van der Waals surface area contributed by atoms with Crippen LogP contribution in [0.1, 0.15) is 59.9 Å². The van der Waals surface area contributed by atoms with E-state index in [1.807, 2.05) is 6.92 Å². The van der Waals surface area contributed by atoms with Crippen molar-refractivity contribution in [2.75, 3.05) is 11.1 Å². The first-order valence-corrected chi connectivity index (χ1v) is 9.54. The number of carbonyl (C=O) groups excluding carboxylic acids is 3. The lowest BCUT2D eigenvalue weighted by Gasteiger charge is -2.25. The van der Waals surface area contributed by atoms with Gasteiger partial charge in [0.25, 0.3) is 0 Å². The topological polar surface area (TPSA) is 120 Å². The van der Waals surface area contributed by atoms with Gasteiger partial charge in [0.15, 0.2) is 0 Å². The highest BCUT2D eigenvalue weighted by molar-refractivity contribution is 5.93. The van der Waals surface area contributed by atoms with Crippen LogP contribution in [0.15, 0.2) is 18.2 Å². The second kappa shape index (κ2) is 9.62. The molecule has 1 unspecified atom stereocenters. The fourth-order valence-electron chi connectivity index (χ4n) is 2.36. The Kier molecular flexibility index (Phi) is 8.05. The molecule has 0 aliphatic heterocycles. The molecule has 4 N–H and O–H groups in total. The van der Waals surface area contributed by atoms with Gasteiger partial charge in [-0.1, -0.05) is 0 Å². The largest absolute Gasteiger partial charge is 0.460 e. The molecule has 0 radical (unpaired) electrons. The van der Waals surface area contributed by atoms with E-state index in [2.05, 4.69) is 10.6 Å². The van der Waals surface area contributed by atoms with E-state index in [1.165, 1.54) is 0 Å². The number of hydrogen-bond acceptors (Lipinski definition) is 6. The molecule has 0 aliphatic carbocycles.